The van der Waals surface area contributed by atoms with Gasteiger partial charge in [0.25, 0.3) is 0 Å². The molecule has 0 bridgehead atoms. The number of benzene rings is 3. The van der Waals surface area contributed by atoms with E-state index in [9.17, 15) is 8.78 Å². The average Bonchev–Trinajstić information content (AvgIpc) is 2.83. The Kier molecular flexibility index (Phi) is 6.26. The summed E-state index contributed by atoms with van der Waals surface area (Å²) in [5.74, 6) is -0.528. The van der Waals surface area contributed by atoms with Crippen LogP contribution in [0.5, 0.6) is 0 Å². The highest BCUT2D eigenvalue weighted by atomic mass is 32.1. The van der Waals surface area contributed by atoms with Crippen LogP contribution in [-0.4, -0.2) is 23.1 Å². The molecule has 3 nitrogen and oxygen atoms in total. The van der Waals surface area contributed by atoms with E-state index in [4.69, 9.17) is 12.2 Å². The Balaban J connectivity index is 1.56. The molecule has 6 heteroatoms. The summed E-state index contributed by atoms with van der Waals surface area (Å²) in [6.45, 7) is 4.32. The molecule has 3 aromatic carbocycles. The summed E-state index contributed by atoms with van der Waals surface area (Å²) in [7, 11) is 0. The second-order valence-electron chi connectivity index (χ2n) is 8.84. The van der Waals surface area contributed by atoms with Gasteiger partial charge >= 0.3 is 0 Å². The predicted molar refractivity (Wildman–Crippen MR) is 136 cm³/mol. The van der Waals surface area contributed by atoms with E-state index in [2.05, 4.69) is 52.8 Å². The van der Waals surface area contributed by atoms with E-state index in [0.717, 1.165) is 47.6 Å². The molecule has 0 radical (unpaired) electrons. The van der Waals surface area contributed by atoms with E-state index < -0.39 is 0 Å². The van der Waals surface area contributed by atoms with Crippen molar-refractivity contribution in [2.24, 2.45) is 0 Å². The first-order valence-corrected chi connectivity index (χ1v) is 11.7. The largest absolute Gasteiger partial charge is 0.352 e. The fraction of sp³-hybridized carbons (Fsp3) is 0.179. The van der Waals surface area contributed by atoms with E-state index in [1.165, 1.54) is 35.4 Å². The molecule has 1 atom stereocenters. The number of thiocarbonyl (C=S) groups is 1. The average molecular weight is 474 g/mol. The lowest BCUT2D eigenvalue weighted by molar-refractivity contribution is 0.292. The molecular weight excluding hydrogens is 448 g/mol. The van der Waals surface area contributed by atoms with E-state index in [-0.39, 0.29) is 17.7 Å². The molecule has 5 rings (SSSR count). The lowest BCUT2D eigenvalue weighted by atomic mass is 9.88. The SMILES string of the molecule is Cc1ccc(CN2CC3=C(NC(=S)NC3c3ccc(F)cc3)/C(=C/c3ccc(F)cc3)C2)cc1. The van der Waals surface area contributed by atoms with Crippen molar-refractivity contribution in [3.8, 4) is 0 Å². The Morgan fingerprint density at radius 2 is 1.56 bits per heavy atom. The number of nitrogens with one attached hydrogen (secondary N) is 2. The van der Waals surface area contributed by atoms with E-state index in [1.807, 2.05) is 0 Å². The second-order valence-corrected chi connectivity index (χ2v) is 9.24. The van der Waals surface area contributed by atoms with Crippen molar-refractivity contribution < 1.29 is 8.78 Å². The molecule has 0 aliphatic carbocycles. The lowest BCUT2D eigenvalue weighted by Gasteiger charge is -2.40. The molecule has 2 aliphatic heterocycles. The van der Waals surface area contributed by atoms with Crippen molar-refractivity contribution in [1.82, 2.24) is 15.5 Å². The molecule has 0 saturated carbocycles. The number of hydrogen-bond acceptors (Lipinski definition) is 2. The monoisotopic (exact) mass is 473 g/mol. The van der Waals surface area contributed by atoms with Crippen LogP contribution in [0.4, 0.5) is 8.78 Å². The van der Waals surface area contributed by atoms with Crippen LogP contribution in [-0.2, 0) is 6.54 Å². The van der Waals surface area contributed by atoms with Crippen LogP contribution in [0.2, 0.25) is 0 Å². The van der Waals surface area contributed by atoms with Gasteiger partial charge in [-0.3, -0.25) is 4.90 Å². The van der Waals surface area contributed by atoms with Crippen molar-refractivity contribution in [2.45, 2.75) is 19.5 Å². The first-order chi connectivity index (χ1) is 16.4. The van der Waals surface area contributed by atoms with Crippen LogP contribution in [0.15, 0.2) is 89.6 Å². The van der Waals surface area contributed by atoms with Crippen molar-refractivity contribution in [3.05, 3.63) is 124 Å². The zero-order valence-corrected chi connectivity index (χ0v) is 19.6. The minimum atomic E-state index is -0.268. The van der Waals surface area contributed by atoms with Crippen LogP contribution >= 0.6 is 12.2 Å². The molecule has 172 valence electrons. The molecule has 0 spiro atoms. The zero-order valence-electron chi connectivity index (χ0n) is 18.8. The molecule has 2 N–H and O–H groups in total. The smallest absolute Gasteiger partial charge is 0.171 e. The fourth-order valence-corrected chi connectivity index (χ4v) is 4.77. The number of halogens is 2. The minimum Gasteiger partial charge on any atom is -0.352 e. The minimum absolute atomic E-state index is 0.165. The molecular formula is C28H25F2N3S. The molecule has 0 amide bonds. The molecule has 0 saturated heterocycles. The van der Waals surface area contributed by atoms with Gasteiger partial charge < -0.3 is 10.6 Å². The summed E-state index contributed by atoms with van der Waals surface area (Å²) in [5.41, 5.74) is 7.56. The third-order valence-corrected chi connectivity index (χ3v) is 6.45. The molecule has 2 aliphatic rings. The third-order valence-electron chi connectivity index (χ3n) is 6.23. The Bertz CT molecular complexity index is 1260. The molecule has 1 unspecified atom stereocenters. The summed E-state index contributed by atoms with van der Waals surface area (Å²) < 4.78 is 27.1. The van der Waals surface area contributed by atoms with E-state index >= 15 is 0 Å². The molecule has 34 heavy (non-hydrogen) atoms. The number of aryl methyl sites for hydroxylation is 1. The van der Waals surface area contributed by atoms with Crippen molar-refractivity contribution in [2.75, 3.05) is 13.1 Å². The van der Waals surface area contributed by atoms with Gasteiger partial charge in [-0.2, -0.15) is 0 Å². The Labute approximate surface area is 203 Å². The predicted octanol–water partition coefficient (Wildman–Crippen LogP) is 5.65. The lowest BCUT2D eigenvalue weighted by Crippen LogP contribution is -2.49. The standard InChI is InChI=1S/C28H25F2N3S/c1-18-2-4-20(5-3-18)15-33-16-22(14-19-6-10-23(29)11-7-19)27-25(17-33)26(31-28(34)32-27)21-8-12-24(30)13-9-21/h2-14,26H,15-17H2,1H3,(H2,31,32,34)/b22-14+. The molecule has 0 aromatic heterocycles. The third kappa shape index (κ3) is 4.93. The van der Waals surface area contributed by atoms with Crippen LogP contribution in [0, 0.1) is 18.6 Å². The second kappa shape index (κ2) is 9.49. The maximum Gasteiger partial charge on any atom is 0.171 e. The van der Waals surface area contributed by atoms with Crippen molar-refractivity contribution in [1.29, 1.82) is 0 Å². The molecule has 3 aromatic rings. The molecule has 2 heterocycles. The molecule has 0 fully saturated rings. The van der Waals surface area contributed by atoms with Crippen LogP contribution in [0.3, 0.4) is 0 Å². The van der Waals surface area contributed by atoms with Crippen LogP contribution < -0.4 is 10.6 Å². The van der Waals surface area contributed by atoms with Gasteiger partial charge in [0.2, 0.25) is 0 Å². The summed E-state index contributed by atoms with van der Waals surface area (Å²) >= 11 is 5.54. The van der Waals surface area contributed by atoms with Crippen molar-refractivity contribution in [3.63, 3.8) is 0 Å². The van der Waals surface area contributed by atoms with Gasteiger partial charge in [-0.1, -0.05) is 54.1 Å². The summed E-state index contributed by atoms with van der Waals surface area (Å²) in [6.07, 6.45) is 2.08. The Hall–Kier alpha value is -3.35. The van der Waals surface area contributed by atoms with Gasteiger partial charge in [0.15, 0.2) is 5.11 Å². The van der Waals surface area contributed by atoms with Gasteiger partial charge in [-0.25, -0.2) is 8.78 Å². The number of hydrogen-bond donors (Lipinski definition) is 2. The Morgan fingerprint density at radius 1 is 0.912 bits per heavy atom. The highest BCUT2D eigenvalue weighted by Crippen LogP contribution is 2.35. The highest BCUT2D eigenvalue weighted by molar-refractivity contribution is 7.80. The quantitative estimate of drug-likeness (QED) is 0.479. The normalized spacial score (nSPS) is 19.6. The van der Waals surface area contributed by atoms with E-state index in [1.54, 1.807) is 24.3 Å². The zero-order chi connectivity index (χ0) is 23.7. The van der Waals surface area contributed by atoms with Crippen LogP contribution in [0.25, 0.3) is 6.08 Å². The maximum absolute atomic E-state index is 13.6. The summed E-state index contributed by atoms with van der Waals surface area (Å²) in [6, 6.07) is 21.5. The van der Waals surface area contributed by atoms with Gasteiger partial charge in [0.05, 0.1) is 6.04 Å². The topological polar surface area (TPSA) is 27.3 Å². The Morgan fingerprint density at radius 3 is 2.24 bits per heavy atom. The summed E-state index contributed by atoms with van der Waals surface area (Å²) in [5, 5.41) is 7.26. The van der Waals surface area contributed by atoms with Gasteiger partial charge in [-0.15, -0.1) is 0 Å². The summed E-state index contributed by atoms with van der Waals surface area (Å²) in [4.78, 5) is 2.38. The first-order valence-electron chi connectivity index (χ1n) is 11.2. The van der Waals surface area contributed by atoms with Gasteiger partial charge in [-0.05, 0) is 77.3 Å². The highest BCUT2D eigenvalue weighted by Gasteiger charge is 2.33. The number of rotatable bonds is 4. The maximum atomic E-state index is 13.6. The fourth-order valence-electron chi connectivity index (χ4n) is 4.55. The number of nitrogens with zero attached hydrogens (tertiary/aromatic N) is 1. The van der Waals surface area contributed by atoms with Crippen LogP contribution in [0.1, 0.15) is 28.3 Å². The first kappa shape index (κ1) is 22.4. The van der Waals surface area contributed by atoms with Gasteiger partial charge in [0.1, 0.15) is 11.6 Å². The van der Waals surface area contributed by atoms with E-state index in [0.29, 0.717) is 5.11 Å². The van der Waals surface area contributed by atoms with Crippen molar-refractivity contribution >= 4 is 23.4 Å². The van der Waals surface area contributed by atoms with Gasteiger partial charge in [0, 0.05) is 25.3 Å².